The second-order valence-corrected chi connectivity index (χ2v) is 12.1. The first-order valence-corrected chi connectivity index (χ1v) is 14.6. The molecule has 2 aliphatic rings. The van der Waals surface area contributed by atoms with Crippen LogP contribution < -0.4 is 5.32 Å². The molecule has 0 saturated carbocycles. The first-order valence-electron chi connectivity index (χ1n) is 13.8. The summed E-state index contributed by atoms with van der Waals surface area (Å²) in [6.07, 6.45) is 2.89. The number of rotatable bonds is 4. The van der Waals surface area contributed by atoms with E-state index in [0.29, 0.717) is 13.1 Å². The molecule has 7 nitrogen and oxygen atoms in total. The van der Waals surface area contributed by atoms with Crippen molar-refractivity contribution in [3.05, 3.63) is 82.5 Å². The minimum atomic E-state index is 0.0240. The van der Waals surface area contributed by atoms with Gasteiger partial charge in [0.1, 0.15) is 0 Å². The molecule has 2 amide bonds. The summed E-state index contributed by atoms with van der Waals surface area (Å²) < 4.78 is 1.18. The Morgan fingerprint density at radius 1 is 1.10 bits per heavy atom. The third kappa shape index (κ3) is 4.90. The summed E-state index contributed by atoms with van der Waals surface area (Å²) in [7, 11) is 0. The topological polar surface area (TPSA) is 77.1 Å². The molecule has 5 aromatic rings. The largest absolute Gasteiger partial charge is 0.334 e. The number of urea groups is 1. The molecule has 2 N–H and O–H groups in total. The molecule has 2 aliphatic heterocycles. The number of nitrogens with zero attached hydrogens (tertiary/aromatic N) is 4. The van der Waals surface area contributed by atoms with Crippen molar-refractivity contribution in [2.75, 3.05) is 19.6 Å². The highest BCUT2D eigenvalue weighted by atomic mass is 32.1. The van der Waals surface area contributed by atoms with Crippen molar-refractivity contribution in [3.63, 3.8) is 0 Å². The first-order chi connectivity index (χ1) is 19.1. The van der Waals surface area contributed by atoms with Gasteiger partial charge in [-0.15, -0.1) is 11.3 Å². The molecule has 2 aromatic heterocycles. The molecule has 0 radical (unpaired) electrons. The number of aromatic nitrogens is 3. The zero-order valence-electron chi connectivity index (χ0n) is 22.1. The SMILES string of the molecule is Cc1nc2cc(-c3n[nH]c4c3CN(C(=O)N[C@@H]3CCCN(Cc5ccc6ccccc6c5)C3)CC4)ccc2s1. The van der Waals surface area contributed by atoms with Crippen LogP contribution in [0.2, 0.25) is 0 Å². The fraction of sp³-hybridized carbons (Fsp3) is 0.323. The number of amides is 2. The number of hydrogen-bond donors (Lipinski definition) is 2. The predicted octanol–water partition coefficient (Wildman–Crippen LogP) is 5.88. The zero-order chi connectivity index (χ0) is 26.3. The summed E-state index contributed by atoms with van der Waals surface area (Å²) in [6, 6.07) is 21.8. The molecule has 0 bridgehead atoms. The van der Waals surface area contributed by atoms with Crippen LogP contribution in [0, 0.1) is 6.92 Å². The highest BCUT2D eigenvalue weighted by Crippen LogP contribution is 2.32. The Hall–Kier alpha value is -3.75. The van der Waals surface area contributed by atoms with Gasteiger partial charge in [-0.2, -0.15) is 5.10 Å². The van der Waals surface area contributed by atoms with Gasteiger partial charge in [-0.1, -0.05) is 42.5 Å². The predicted molar refractivity (Wildman–Crippen MR) is 157 cm³/mol. The van der Waals surface area contributed by atoms with Gasteiger partial charge in [-0.3, -0.25) is 10.00 Å². The van der Waals surface area contributed by atoms with E-state index in [0.717, 1.165) is 71.9 Å². The van der Waals surface area contributed by atoms with Gasteiger partial charge in [0.15, 0.2) is 0 Å². The van der Waals surface area contributed by atoms with E-state index >= 15 is 0 Å². The molecule has 4 heterocycles. The van der Waals surface area contributed by atoms with Gasteiger partial charge in [0.05, 0.1) is 27.5 Å². The molecule has 8 heteroatoms. The Morgan fingerprint density at radius 2 is 2.00 bits per heavy atom. The van der Waals surface area contributed by atoms with Gasteiger partial charge < -0.3 is 10.2 Å². The molecule has 39 heavy (non-hydrogen) atoms. The van der Waals surface area contributed by atoms with E-state index in [2.05, 4.69) is 86.1 Å². The molecule has 1 atom stereocenters. The normalized spacial score (nSPS) is 18.0. The van der Waals surface area contributed by atoms with Crippen molar-refractivity contribution >= 4 is 38.4 Å². The number of carbonyl (C=O) groups excluding carboxylic acids is 1. The van der Waals surface area contributed by atoms with Crippen LogP contribution in [0.5, 0.6) is 0 Å². The van der Waals surface area contributed by atoms with Crippen molar-refractivity contribution in [2.24, 2.45) is 0 Å². The zero-order valence-corrected chi connectivity index (χ0v) is 22.9. The van der Waals surface area contributed by atoms with E-state index < -0.39 is 0 Å². The third-order valence-corrected chi connectivity index (χ3v) is 8.99. The lowest BCUT2D eigenvalue weighted by molar-refractivity contribution is 0.160. The molecule has 3 aromatic carbocycles. The number of nitrogens with one attached hydrogen (secondary N) is 2. The number of aryl methyl sites for hydroxylation is 1. The van der Waals surface area contributed by atoms with Gasteiger partial charge in [0.25, 0.3) is 0 Å². The quantitative estimate of drug-likeness (QED) is 0.301. The van der Waals surface area contributed by atoms with Crippen molar-refractivity contribution in [1.82, 2.24) is 30.3 Å². The average Bonchev–Trinajstić information content (AvgIpc) is 3.54. The van der Waals surface area contributed by atoms with Gasteiger partial charge in [0, 0.05) is 48.9 Å². The van der Waals surface area contributed by atoms with Crippen LogP contribution >= 0.6 is 11.3 Å². The summed E-state index contributed by atoms with van der Waals surface area (Å²) in [5, 5.41) is 14.8. The standard InChI is InChI=1S/C31H32N6OS/c1-20-32-28-16-24(10-11-29(28)39-20)30-26-19-37(14-12-27(26)34-35-30)31(38)33-25-7-4-13-36(18-25)17-21-8-9-22-5-2-3-6-23(22)15-21/h2-3,5-6,8-11,15-16,25H,4,7,12-14,17-19H2,1H3,(H,33,38)(H,34,35)/t25-/m1/s1. The van der Waals surface area contributed by atoms with Crippen molar-refractivity contribution in [2.45, 2.75) is 45.3 Å². The van der Waals surface area contributed by atoms with Crippen LogP contribution in [0.15, 0.2) is 60.7 Å². The molecule has 7 rings (SSSR count). The van der Waals surface area contributed by atoms with Crippen LogP contribution in [-0.2, 0) is 19.5 Å². The highest BCUT2D eigenvalue weighted by Gasteiger charge is 2.28. The minimum absolute atomic E-state index is 0.0240. The lowest BCUT2D eigenvalue weighted by atomic mass is 10.0. The summed E-state index contributed by atoms with van der Waals surface area (Å²) in [6.45, 7) is 6.14. The second kappa shape index (κ2) is 10.1. The lowest BCUT2D eigenvalue weighted by Gasteiger charge is -2.35. The molecular weight excluding hydrogens is 504 g/mol. The maximum atomic E-state index is 13.4. The van der Waals surface area contributed by atoms with Crippen LogP contribution in [0.1, 0.15) is 34.7 Å². The van der Waals surface area contributed by atoms with E-state index in [1.807, 2.05) is 11.8 Å². The van der Waals surface area contributed by atoms with Crippen molar-refractivity contribution in [3.8, 4) is 11.3 Å². The highest BCUT2D eigenvalue weighted by molar-refractivity contribution is 7.18. The smallest absolute Gasteiger partial charge is 0.317 e. The lowest BCUT2D eigenvalue weighted by Crippen LogP contribution is -2.52. The number of aromatic amines is 1. The fourth-order valence-electron chi connectivity index (χ4n) is 6.08. The molecular formula is C31H32N6OS. The van der Waals surface area contributed by atoms with Gasteiger partial charge in [-0.05, 0) is 60.8 Å². The van der Waals surface area contributed by atoms with Gasteiger partial charge >= 0.3 is 6.03 Å². The maximum Gasteiger partial charge on any atom is 0.317 e. The monoisotopic (exact) mass is 536 g/mol. The Labute approximate surface area is 231 Å². The molecule has 198 valence electrons. The Morgan fingerprint density at radius 3 is 2.92 bits per heavy atom. The second-order valence-electron chi connectivity index (χ2n) is 10.8. The molecule has 0 aliphatic carbocycles. The number of carbonyl (C=O) groups is 1. The number of hydrogen-bond acceptors (Lipinski definition) is 5. The minimum Gasteiger partial charge on any atom is -0.334 e. The number of H-pyrrole nitrogens is 1. The van der Waals surface area contributed by atoms with Crippen molar-refractivity contribution in [1.29, 1.82) is 0 Å². The third-order valence-electron chi connectivity index (χ3n) is 8.04. The number of fused-ring (bicyclic) bond motifs is 3. The molecule has 0 spiro atoms. The summed E-state index contributed by atoms with van der Waals surface area (Å²) in [4.78, 5) is 22.5. The summed E-state index contributed by atoms with van der Waals surface area (Å²) in [5.74, 6) is 0. The van der Waals surface area contributed by atoms with Gasteiger partial charge in [0.2, 0.25) is 0 Å². The van der Waals surface area contributed by atoms with Crippen LogP contribution in [0.25, 0.3) is 32.2 Å². The van der Waals surface area contributed by atoms with Crippen LogP contribution in [0.4, 0.5) is 4.79 Å². The Bertz CT molecular complexity index is 1670. The first kappa shape index (κ1) is 24.3. The van der Waals surface area contributed by atoms with Crippen molar-refractivity contribution < 1.29 is 4.79 Å². The summed E-state index contributed by atoms with van der Waals surface area (Å²) in [5.41, 5.74) is 6.54. The molecule has 0 unspecified atom stereocenters. The van der Waals surface area contributed by atoms with E-state index in [4.69, 9.17) is 0 Å². The number of piperidine rings is 1. The fourth-order valence-corrected chi connectivity index (χ4v) is 6.88. The van der Waals surface area contributed by atoms with Gasteiger partial charge in [-0.25, -0.2) is 9.78 Å². The number of thiazole rings is 1. The van der Waals surface area contributed by atoms with E-state index in [9.17, 15) is 4.79 Å². The average molecular weight is 537 g/mol. The van der Waals surface area contributed by atoms with E-state index in [1.165, 1.54) is 21.0 Å². The Kier molecular flexibility index (Phi) is 6.29. The Balaban J connectivity index is 1.01. The number of benzene rings is 3. The number of likely N-dealkylation sites (tertiary alicyclic amines) is 1. The van der Waals surface area contributed by atoms with Crippen LogP contribution in [0.3, 0.4) is 0 Å². The molecule has 1 fully saturated rings. The van der Waals surface area contributed by atoms with E-state index in [-0.39, 0.29) is 12.1 Å². The molecule has 1 saturated heterocycles. The summed E-state index contributed by atoms with van der Waals surface area (Å²) >= 11 is 1.70. The van der Waals surface area contributed by atoms with E-state index in [1.54, 1.807) is 11.3 Å². The maximum absolute atomic E-state index is 13.4. The van der Waals surface area contributed by atoms with Crippen LogP contribution in [-0.4, -0.2) is 56.7 Å².